The molecule has 6 heteroatoms. The van der Waals surface area contributed by atoms with E-state index in [4.69, 9.17) is 9.52 Å². The SMILES string of the molecule is CCN(CC(=O)O)C(=O)c1ccc(Br)o1. The van der Waals surface area contributed by atoms with Gasteiger partial charge in [0.1, 0.15) is 6.54 Å². The first kappa shape index (κ1) is 11.8. The van der Waals surface area contributed by atoms with Crippen LogP contribution in [0.3, 0.4) is 0 Å². The van der Waals surface area contributed by atoms with Crippen molar-refractivity contribution in [3.05, 3.63) is 22.6 Å². The minimum Gasteiger partial charge on any atom is -0.480 e. The molecular weight excluding hydrogens is 266 g/mol. The summed E-state index contributed by atoms with van der Waals surface area (Å²) in [6.45, 7) is 1.70. The number of nitrogens with zero attached hydrogens (tertiary/aromatic N) is 1. The van der Waals surface area contributed by atoms with E-state index in [1.54, 1.807) is 13.0 Å². The Labute approximate surface area is 94.8 Å². The molecule has 82 valence electrons. The fourth-order valence-corrected chi connectivity index (χ4v) is 1.38. The van der Waals surface area contributed by atoms with Gasteiger partial charge in [-0.3, -0.25) is 9.59 Å². The van der Waals surface area contributed by atoms with Crippen molar-refractivity contribution in [2.75, 3.05) is 13.1 Å². The highest BCUT2D eigenvalue weighted by Gasteiger charge is 2.19. The highest BCUT2D eigenvalue weighted by molar-refractivity contribution is 9.10. The van der Waals surface area contributed by atoms with Gasteiger partial charge in [-0.2, -0.15) is 0 Å². The first-order valence-corrected chi connectivity index (χ1v) is 5.10. The van der Waals surface area contributed by atoms with Crippen molar-refractivity contribution in [2.45, 2.75) is 6.92 Å². The summed E-state index contributed by atoms with van der Waals surface area (Å²) >= 11 is 3.07. The lowest BCUT2D eigenvalue weighted by atomic mass is 10.3. The van der Waals surface area contributed by atoms with Gasteiger partial charge in [0.05, 0.1) is 0 Å². The number of amides is 1. The van der Waals surface area contributed by atoms with Gasteiger partial charge in [-0.25, -0.2) is 0 Å². The molecular formula is C9H10BrNO4. The topological polar surface area (TPSA) is 70.8 Å². The smallest absolute Gasteiger partial charge is 0.323 e. The number of likely N-dealkylation sites (N-methyl/N-ethyl adjacent to an activating group) is 1. The Bertz CT molecular complexity index is 374. The van der Waals surface area contributed by atoms with Crippen LogP contribution >= 0.6 is 15.9 Å². The Morgan fingerprint density at radius 2 is 2.20 bits per heavy atom. The van der Waals surface area contributed by atoms with Crippen molar-refractivity contribution >= 4 is 27.8 Å². The second kappa shape index (κ2) is 4.97. The number of hydrogen-bond acceptors (Lipinski definition) is 3. The molecule has 0 spiro atoms. The lowest BCUT2D eigenvalue weighted by Crippen LogP contribution is -2.35. The molecule has 1 amide bonds. The average molecular weight is 276 g/mol. The Kier molecular flexibility index (Phi) is 3.90. The molecule has 0 atom stereocenters. The molecule has 5 nitrogen and oxygen atoms in total. The van der Waals surface area contributed by atoms with E-state index in [2.05, 4.69) is 15.9 Å². The van der Waals surface area contributed by atoms with E-state index in [-0.39, 0.29) is 12.3 Å². The molecule has 0 bridgehead atoms. The highest BCUT2D eigenvalue weighted by Crippen LogP contribution is 2.15. The molecule has 0 saturated carbocycles. The van der Waals surface area contributed by atoms with Crippen LogP contribution in [0.5, 0.6) is 0 Å². The lowest BCUT2D eigenvalue weighted by molar-refractivity contribution is -0.137. The summed E-state index contributed by atoms with van der Waals surface area (Å²) in [4.78, 5) is 23.3. The molecule has 0 fully saturated rings. The normalized spacial score (nSPS) is 10.0. The molecule has 1 heterocycles. The second-order valence-electron chi connectivity index (χ2n) is 2.82. The van der Waals surface area contributed by atoms with Crippen LogP contribution in [-0.2, 0) is 4.79 Å². The number of aliphatic carboxylic acids is 1. The maximum absolute atomic E-state index is 11.7. The number of halogens is 1. The lowest BCUT2D eigenvalue weighted by Gasteiger charge is -2.16. The molecule has 1 aromatic heterocycles. The molecule has 1 rings (SSSR count). The molecule has 0 aliphatic heterocycles. The predicted octanol–water partition coefficient (Wildman–Crippen LogP) is 1.59. The summed E-state index contributed by atoms with van der Waals surface area (Å²) in [5.41, 5.74) is 0. The minimum absolute atomic E-state index is 0.130. The number of carbonyl (C=O) groups is 2. The molecule has 1 N–H and O–H groups in total. The van der Waals surface area contributed by atoms with E-state index in [1.807, 2.05) is 0 Å². The number of carbonyl (C=O) groups excluding carboxylic acids is 1. The van der Waals surface area contributed by atoms with Gasteiger partial charge in [0, 0.05) is 6.54 Å². The van der Waals surface area contributed by atoms with Crippen molar-refractivity contribution in [2.24, 2.45) is 0 Å². The van der Waals surface area contributed by atoms with Crippen LogP contribution in [0.25, 0.3) is 0 Å². The second-order valence-corrected chi connectivity index (χ2v) is 3.60. The maximum atomic E-state index is 11.7. The molecule has 0 unspecified atom stereocenters. The number of carboxylic acids is 1. The molecule has 0 saturated heterocycles. The Morgan fingerprint density at radius 1 is 1.53 bits per heavy atom. The molecule has 1 aromatic rings. The number of rotatable bonds is 4. The molecule has 0 aromatic carbocycles. The van der Waals surface area contributed by atoms with E-state index in [1.165, 1.54) is 11.0 Å². The van der Waals surface area contributed by atoms with E-state index in [0.29, 0.717) is 11.2 Å². The quantitative estimate of drug-likeness (QED) is 0.906. The zero-order chi connectivity index (χ0) is 11.4. The highest BCUT2D eigenvalue weighted by atomic mass is 79.9. The van der Waals surface area contributed by atoms with Crippen LogP contribution in [0.15, 0.2) is 21.2 Å². The first-order chi connectivity index (χ1) is 7.04. The third kappa shape index (κ3) is 3.09. The van der Waals surface area contributed by atoms with E-state index < -0.39 is 11.9 Å². The zero-order valence-corrected chi connectivity index (χ0v) is 9.65. The minimum atomic E-state index is -1.05. The summed E-state index contributed by atoms with van der Waals surface area (Å²) in [5.74, 6) is -1.34. The predicted molar refractivity (Wildman–Crippen MR) is 55.6 cm³/mol. The third-order valence-corrected chi connectivity index (χ3v) is 2.21. The van der Waals surface area contributed by atoms with Crippen LogP contribution in [0, 0.1) is 0 Å². The van der Waals surface area contributed by atoms with Crippen molar-refractivity contribution in [1.29, 1.82) is 0 Å². The van der Waals surface area contributed by atoms with Crippen LogP contribution in [-0.4, -0.2) is 35.0 Å². The Hall–Kier alpha value is -1.30. The molecule has 0 aliphatic carbocycles. The van der Waals surface area contributed by atoms with Gasteiger partial charge < -0.3 is 14.4 Å². The Balaban J connectivity index is 2.77. The maximum Gasteiger partial charge on any atom is 0.323 e. The van der Waals surface area contributed by atoms with Gasteiger partial charge in [-0.05, 0) is 35.0 Å². The summed E-state index contributed by atoms with van der Waals surface area (Å²) < 4.78 is 5.48. The van der Waals surface area contributed by atoms with Crippen molar-refractivity contribution in [3.63, 3.8) is 0 Å². The van der Waals surface area contributed by atoms with Crippen LogP contribution in [0.4, 0.5) is 0 Å². The summed E-state index contributed by atoms with van der Waals surface area (Å²) in [6, 6.07) is 3.08. The van der Waals surface area contributed by atoms with Crippen molar-refractivity contribution < 1.29 is 19.1 Å². The number of carboxylic acid groups (broad SMARTS) is 1. The van der Waals surface area contributed by atoms with Crippen molar-refractivity contribution in [3.8, 4) is 0 Å². The van der Waals surface area contributed by atoms with Gasteiger partial charge in [-0.15, -0.1) is 0 Å². The monoisotopic (exact) mass is 275 g/mol. The Morgan fingerprint density at radius 3 is 2.60 bits per heavy atom. The summed E-state index contributed by atoms with van der Waals surface area (Å²) in [5, 5.41) is 8.58. The van der Waals surface area contributed by atoms with Crippen LogP contribution in [0.1, 0.15) is 17.5 Å². The number of furan rings is 1. The van der Waals surface area contributed by atoms with Gasteiger partial charge in [0.15, 0.2) is 10.4 Å². The third-order valence-electron chi connectivity index (χ3n) is 1.78. The van der Waals surface area contributed by atoms with E-state index in [9.17, 15) is 9.59 Å². The van der Waals surface area contributed by atoms with Gasteiger partial charge >= 0.3 is 5.97 Å². The molecule has 0 aliphatic rings. The van der Waals surface area contributed by atoms with Gasteiger partial charge in [0.25, 0.3) is 5.91 Å². The summed E-state index contributed by atoms with van der Waals surface area (Å²) in [6.07, 6.45) is 0. The molecule has 15 heavy (non-hydrogen) atoms. The largest absolute Gasteiger partial charge is 0.480 e. The fourth-order valence-electron chi connectivity index (χ4n) is 1.08. The molecule has 0 radical (unpaired) electrons. The van der Waals surface area contributed by atoms with Crippen molar-refractivity contribution in [1.82, 2.24) is 4.90 Å². The zero-order valence-electron chi connectivity index (χ0n) is 8.07. The standard InChI is InChI=1S/C9H10BrNO4/c1-2-11(5-8(12)13)9(14)6-3-4-7(10)15-6/h3-4H,2,5H2,1H3,(H,12,13). The number of hydrogen-bond donors (Lipinski definition) is 1. The first-order valence-electron chi connectivity index (χ1n) is 4.31. The van der Waals surface area contributed by atoms with Crippen LogP contribution in [0.2, 0.25) is 0 Å². The fraction of sp³-hybridized carbons (Fsp3) is 0.333. The van der Waals surface area contributed by atoms with Gasteiger partial charge in [0.2, 0.25) is 0 Å². The summed E-state index contributed by atoms with van der Waals surface area (Å²) in [7, 11) is 0. The van der Waals surface area contributed by atoms with E-state index in [0.717, 1.165) is 0 Å². The van der Waals surface area contributed by atoms with Gasteiger partial charge in [-0.1, -0.05) is 0 Å². The van der Waals surface area contributed by atoms with E-state index >= 15 is 0 Å². The average Bonchev–Trinajstić information content (AvgIpc) is 2.60. The van der Waals surface area contributed by atoms with Crippen LogP contribution < -0.4 is 0 Å².